The van der Waals surface area contributed by atoms with Crippen molar-refractivity contribution in [1.82, 2.24) is 15.1 Å². The van der Waals surface area contributed by atoms with Crippen molar-refractivity contribution < 1.29 is 14.0 Å². The summed E-state index contributed by atoms with van der Waals surface area (Å²) < 4.78 is 15.4. The van der Waals surface area contributed by atoms with Crippen LogP contribution in [-0.4, -0.2) is 21.7 Å². The summed E-state index contributed by atoms with van der Waals surface area (Å²) in [7, 11) is 1.69. The van der Waals surface area contributed by atoms with Crippen LogP contribution in [-0.2, 0) is 11.8 Å². The van der Waals surface area contributed by atoms with E-state index in [0.717, 1.165) is 5.69 Å². The van der Waals surface area contributed by atoms with Gasteiger partial charge in [-0.1, -0.05) is 18.2 Å². The molecule has 7 nitrogen and oxygen atoms in total. The third-order valence-electron chi connectivity index (χ3n) is 3.26. The van der Waals surface area contributed by atoms with Gasteiger partial charge in [-0.15, -0.1) is 0 Å². The number of amides is 3. The molecule has 2 aromatic rings. The van der Waals surface area contributed by atoms with E-state index in [2.05, 4.69) is 15.7 Å². The highest BCUT2D eigenvalue weighted by Gasteiger charge is 2.21. The maximum absolute atomic E-state index is 13.9. The molecule has 1 heterocycles. The molecular formula is C15H18FN5O2. The minimum atomic E-state index is -0.858. The lowest BCUT2D eigenvalue weighted by atomic mass is 10.0. The zero-order valence-corrected chi connectivity index (χ0v) is 12.8. The zero-order valence-electron chi connectivity index (χ0n) is 12.8. The third kappa shape index (κ3) is 4.29. The van der Waals surface area contributed by atoms with Gasteiger partial charge in [0.25, 0.3) is 0 Å². The Morgan fingerprint density at radius 3 is 2.65 bits per heavy atom. The SMILES string of the molecule is Cc1cc(NC(=O)C[C@H](NC(N)=O)c2ccccc2F)n(C)n1. The number of rotatable bonds is 5. The summed E-state index contributed by atoms with van der Waals surface area (Å²) in [6.45, 7) is 1.80. The molecule has 0 aliphatic heterocycles. The molecule has 1 atom stereocenters. The van der Waals surface area contributed by atoms with Crippen molar-refractivity contribution in [3.8, 4) is 0 Å². The Hall–Kier alpha value is -2.90. The monoisotopic (exact) mass is 319 g/mol. The van der Waals surface area contributed by atoms with Crippen LogP contribution < -0.4 is 16.4 Å². The van der Waals surface area contributed by atoms with Crippen molar-refractivity contribution in [2.75, 3.05) is 5.32 Å². The van der Waals surface area contributed by atoms with Gasteiger partial charge < -0.3 is 16.4 Å². The molecule has 0 spiro atoms. The number of halogens is 1. The van der Waals surface area contributed by atoms with Crippen molar-refractivity contribution >= 4 is 17.8 Å². The average Bonchev–Trinajstić information content (AvgIpc) is 2.76. The largest absolute Gasteiger partial charge is 0.352 e. The summed E-state index contributed by atoms with van der Waals surface area (Å²) >= 11 is 0. The van der Waals surface area contributed by atoms with Gasteiger partial charge in [0.1, 0.15) is 11.6 Å². The third-order valence-corrected chi connectivity index (χ3v) is 3.26. The smallest absolute Gasteiger partial charge is 0.312 e. The van der Waals surface area contributed by atoms with Gasteiger partial charge in [-0.3, -0.25) is 9.48 Å². The molecule has 1 aromatic carbocycles. The van der Waals surface area contributed by atoms with Crippen LogP contribution in [0, 0.1) is 12.7 Å². The van der Waals surface area contributed by atoms with Crippen LogP contribution >= 0.6 is 0 Å². The lowest BCUT2D eigenvalue weighted by molar-refractivity contribution is -0.116. The van der Waals surface area contributed by atoms with Crippen LogP contribution in [0.25, 0.3) is 0 Å². The predicted octanol–water partition coefficient (Wildman–Crippen LogP) is 1.61. The summed E-state index contributed by atoms with van der Waals surface area (Å²) in [6, 6.07) is 5.92. The van der Waals surface area contributed by atoms with Crippen molar-refractivity contribution in [2.45, 2.75) is 19.4 Å². The maximum atomic E-state index is 13.9. The van der Waals surface area contributed by atoms with Crippen molar-refractivity contribution in [1.29, 1.82) is 0 Å². The van der Waals surface area contributed by atoms with Gasteiger partial charge in [0.2, 0.25) is 5.91 Å². The highest BCUT2D eigenvalue weighted by atomic mass is 19.1. The number of aryl methyl sites for hydroxylation is 2. The Bertz CT molecular complexity index is 728. The van der Waals surface area contributed by atoms with Gasteiger partial charge in [-0.05, 0) is 13.0 Å². The first kappa shape index (κ1) is 16.5. The number of urea groups is 1. The number of nitrogens with zero attached hydrogens (tertiary/aromatic N) is 2. The second-order valence-corrected chi connectivity index (χ2v) is 5.13. The number of primary amides is 1. The normalized spacial score (nSPS) is 11.8. The Morgan fingerprint density at radius 1 is 1.39 bits per heavy atom. The molecule has 8 heteroatoms. The first-order valence-electron chi connectivity index (χ1n) is 6.97. The summed E-state index contributed by atoms with van der Waals surface area (Å²) in [5, 5.41) is 9.18. The lowest BCUT2D eigenvalue weighted by Gasteiger charge is -2.18. The molecule has 2 rings (SSSR count). The van der Waals surface area contributed by atoms with Gasteiger partial charge in [0, 0.05) is 18.7 Å². The Labute approximate surface area is 132 Å². The van der Waals surface area contributed by atoms with Gasteiger partial charge in [0.05, 0.1) is 18.2 Å². The molecule has 1 aromatic heterocycles. The predicted molar refractivity (Wildman–Crippen MR) is 83.1 cm³/mol. The first-order valence-corrected chi connectivity index (χ1v) is 6.97. The maximum Gasteiger partial charge on any atom is 0.312 e. The molecule has 122 valence electrons. The minimum absolute atomic E-state index is 0.159. The lowest BCUT2D eigenvalue weighted by Crippen LogP contribution is -2.35. The molecule has 0 fully saturated rings. The Morgan fingerprint density at radius 2 is 2.09 bits per heavy atom. The summed E-state index contributed by atoms with van der Waals surface area (Å²) in [6.07, 6.45) is -0.159. The molecule has 4 N–H and O–H groups in total. The second kappa shape index (κ2) is 6.91. The molecular weight excluding hydrogens is 301 g/mol. The molecule has 0 radical (unpaired) electrons. The summed E-state index contributed by atoms with van der Waals surface area (Å²) in [5.41, 5.74) is 6.07. The number of hydrogen-bond acceptors (Lipinski definition) is 3. The van der Waals surface area contributed by atoms with Gasteiger partial charge in [-0.2, -0.15) is 5.10 Å². The fourth-order valence-corrected chi connectivity index (χ4v) is 2.28. The number of nitrogens with two attached hydrogens (primary N) is 1. The van der Waals surface area contributed by atoms with Crippen LogP contribution in [0.2, 0.25) is 0 Å². The van der Waals surface area contributed by atoms with Crippen LogP contribution in [0.4, 0.5) is 15.0 Å². The van der Waals surface area contributed by atoms with Gasteiger partial charge in [-0.25, -0.2) is 9.18 Å². The summed E-state index contributed by atoms with van der Waals surface area (Å²) in [4.78, 5) is 23.3. The Kier molecular flexibility index (Phi) is 4.95. The Balaban J connectivity index is 2.14. The van der Waals surface area contributed by atoms with Crippen LogP contribution in [0.1, 0.15) is 23.7 Å². The van der Waals surface area contributed by atoms with Crippen molar-refractivity contribution in [3.05, 3.63) is 47.4 Å². The number of carbonyl (C=O) groups is 2. The van der Waals surface area contributed by atoms with E-state index < -0.39 is 23.8 Å². The van der Waals surface area contributed by atoms with E-state index in [1.807, 2.05) is 0 Å². The summed E-state index contributed by atoms with van der Waals surface area (Å²) in [5.74, 6) is -0.399. The molecule has 3 amide bonds. The van der Waals surface area contributed by atoms with E-state index >= 15 is 0 Å². The van der Waals surface area contributed by atoms with Gasteiger partial charge in [0.15, 0.2) is 0 Å². The van der Waals surface area contributed by atoms with Crippen LogP contribution in [0.3, 0.4) is 0 Å². The number of carbonyl (C=O) groups excluding carboxylic acids is 2. The number of benzene rings is 1. The fourth-order valence-electron chi connectivity index (χ4n) is 2.28. The van der Waals surface area contributed by atoms with E-state index in [1.54, 1.807) is 26.1 Å². The topological polar surface area (TPSA) is 102 Å². The standard InChI is InChI=1S/C15H18FN5O2/c1-9-7-13(21(2)20-9)19-14(22)8-12(18-15(17)23)10-5-3-4-6-11(10)16/h3-7,12H,8H2,1-2H3,(H,19,22)(H3,17,18,23)/t12-/m0/s1. The number of aromatic nitrogens is 2. The second-order valence-electron chi connectivity index (χ2n) is 5.13. The van der Waals surface area contributed by atoms with E-state index in [4.69, 9.17) is 5.73 Å². The first-order chi connectivity index (χ1) is 10.9. The molecule has 0 bridgehead atoms. The highest BCUT2D eigenvalue weighted by Crippen LogP contribution is 2.21. The van der Waals surface area contributed by atoms with E-state index in [1.165, 1.54) is 22.9 Å². The number of hydrogen-bond donors (Lipinski definition) is 3. The number of nitrogens with one attached hydrogen (secondary N) is 2. The molecule has 0 aliphatic rings. The molecule has 0 unspecified atom stereocenters. The van der Waals surface area contributed by atoms with Gasteiger partial charge >= 0.3 is 6.03 Å². The van der Waals surface area contributed by atoms with Crippen molar-refractivity contribution in [2.24, 2.45) is 12.8 Å². The molecule has 23 heavy (non-hydrogen) atoms. The molecule has 0 saturated heterocycles. The van der Waals surface area contributed by atoms with E-state index in [0.29, 0.717) is 5.82 Å². The zero-order chi connectivity index (χ0) is 17.0. The van der Waals surface area contributed by atoms with Crippen LogP contribution in [0.15, 0.2) is 30.3 Å². The average molecular weight is 319 g/mol. The molecule has 0 saturated carbocycles. The van der Waals surface area contributed by atoms with E-state index in [9.17, 15) is 14.0 Å². The quantitative estimate of drug-likeness (QED) is 0.780. The molecule has 0 aliphatic carbocycles. The fraction of sp³-hybridized carbons (Fsp3) is 0.267. The van der Waals surface area contributed by atoms with Crippen molar-refractivity contribution in [3.63, 3.8) is 0 Å². The van der Waals surface area contributed by atoms with Crippen LogP contribution in [0.5, 0.6) is 0 Å². The number of anilines is 1. The highest BCUT2D eigenvalue weighted by molar-refractivity contribution is 5.90. The van der Waals surface area contributed by atoms with E-state index in [-0.39, 0.29) is 12.0 Å². The minimum Gasteiger partial charge on any atom is -0.352 e.